The number of hydrogen-bond acceptors (Lipinski definition) is 4. The summed E-state index contributed by atoms with van der Waals surface area (Å²) in [5.74, 6) is -0.443. The zero-order chi connectivity index (χ0) is 18.4. The van der Waals surface area contributed by atoms with Crippen molar-refractivity contribution in [3.05, 3.63) is 42.5 Å². The molecule has 2 N–H and O–H groups in total. The van der Waals surface area contributed by atoms with Crippen molar-refractivity contribution >= 4 is 27.5 Å². The van der Waals surface area contributed by atoms with Crippen LogP contribution in [0.3, 0.4) is 0 Å². The first-order valence-electron chi connectivity index (χ1n) is 8.06. The number of nitrogens with zero attached hydrogens (tertiary/aromatic N) is 1. The Kier molecular flexibility index (Phi) is 6.19. The normalized spacial score (nSPS) is 17.6. The van der Waals surface area contributed by atoms with Gasteiger partial charge in [-0.25, -0.2) is 8.42 Å². The average molecular weight is 365 g/mol. The van der Waals surface area contributed by atoms with Crippen LogP contribution in [0.2, 0.25) is 0 Å². The number of amides is 2. The highest BCUT2D eigenvalue weighted by atomic mass is 32.2. The van der Waals surface area contributed by atoms with E-state index in [9.17, 15) is 18.0 Å². The predicted octanol–water partition coefficient (Wildman–Crippen LogP) is 1.21. The van der Waals surface area contributed by atoms with E-state index in [4.69, 9.17) is 0 Å². The molecule has 7 nitrogen and oxygen atoms in total. The van der Waals surface area contributed by atoms with Crippen LogP contribution in [0, 0.1) is 5.92 Å². The van der Waals surface area contributed by atoms with Gasteiger partial charge < -0.3 is 10.2 Å². The molecule has 1 aromatic rings. The molecule has 0 saturated carbocycles. The van der Waals surface area contributed by atoms with Crippen molar-refractivity contribution in [3.63, 3.8) is 0 Å². The van der Waals surface area contributed by atoms with Crippen LogP contribution in [0.1, 0.15) is 23.2 Å². The fraction of sp³-hybridized carbons (Fsp3) is 0.412. The van der Waals surface area contributed by atoms with Crippen LogP contribution in [0.5, 0.6) is 0 Å². The highest BCUT2D eigenvalue weighted by molar-refractivity contribution is 7.92. The summed E-state index contributed by atoms with van der Waals surface area (Å²) in [6.07, 6.45) is 4.21. The minimum Gasteiger partial charge on any atom is -0.352 e. The molecule has 2 amide bonds. The minimum absolute atomic E-state index is 0.0647. The van der Waals surface area contributed by atoms with Crippen molar-refractivity contribution in [1.82, 2.24) is 10.2 Å². The van der Waals surface area contributed by atoms with Crippen LogP contribution in [0.15, 0.2) is 36.9 Å². The molecule has 1 atom stereocenters. The third kappa shape index (κ3) is 5.60. The smallest absolute Gasteiger partial charge is 0.253 e. The van der Waals surface area contributed by atoms with Crippen LogP contribution in [0.4, 0.5) is 5.69 Å². The summed E-state index contributed by atoms with van der Waals surface area (Å²) < 4.78 is 24.8. The lowest BCUT2D eigenvalue weighted by atomic mass is 9.96. The quantitative estimate of drug-likeness (QED) is 0.741. The summed E-state index contributed by atoms with van der Waals surface area (Å²) in [5.41, 5.74) is 0.866. The molecule has 1 heterocycles. The molecular weight excluding hydrogens is 342 g/mol. The van der Waals surface area contributed by atoms with Gasteiger partial charge in [0.05, 0.1) is 12.2 Å². The number of carbonyl (C=O) groups excluding carboxylic acids is 2. The summed E-state index contributed by atoms with van der Waals surface area (Å²) in [7, 11) is -3.35. The van der Waals surface area contributed by atoms with Gasteiger partial charge in [-0.2, -0.15) is 0 Å². The van der Waals surface area contributed by atoms with E-state index < -0.39 is 10.0 Å². The number of hydrogen-bond donors (Lipinski definition) is 2. The highest BCUT2D eigenvalue weighted by Crippen LogP contribution is 2.20. The molecule has 25 heavy (non-hydrogen) atoms. The third-order valence-corrected chi connectivity index (χ3v) is 4.54. The van der Waals surface area contributed by atoms with Gasteiger partial charge in [0.2, 0.25) is 15.9 Å². The fourth-order valence-electron chi connectivity index (χ4n) is 2.77. The number of carbonyl (C=O) groups is 2. The minimum atomic E-state index is -3.35. The lowest BCUT2D eigenvalue weighted by molar-refractivity contribution is -0.126. The summed E-state index contributed by atoms with van der Waals surface area (Å²) in [5, 5.41) is 2.77. The van der Waals surface area contributed by atoms with E-state index in [1.54, 1.807) is 35.2 Å². The Morgan fingerprint density at radius 3 is 2.60 bits per heavy atom. The van der Waals surface area contributed by atoms with Gasteiger partial charge in [0.25, 0.3) is 5.91 Å². The number of anilines is 1. The Hall–Kier alpha value is -2.35. The van der Waals surface area contributed by atoms with Gasteiger partial charge in [0.15, 0.2) is 0 Å². The molecule has 8 heteroatoms. The molecule has 1 aliphatic rings. The van der Waals surface area contributed by atoms with Crippen molar-refractivity contribution in [2.24, 2.45) is 5.92 Å². The van der Waals surface area contributed by atoms with Crippen molar-refractivity contribution in [3.8, 4) is 0 Å². The zero-order valence-electron chi connectivity index (χ0n) is 14.2. The van der Waals surface area contributed by atoms with Crippen LogP contribution >= 0.6 is 0 Å². The van der Waals surface area contributed by atoms with E-state index in [2.05, 4.69) is 16.6 Å². The topological polar surface area (TPSA) is 95.6 Å². The molecule has 0 spiro atoms. The summed E-state index contributed by atoms with van der Waals surface area (Å²) in [6, 6.07) is 6.26. The number of piperidine rings is 1. The number of rotatable bonds is 6. The van der Waals surface area contributed by atoms with E-state index in [0.717, 1.165) is 19.1 Å². The summed E-state index contributed by atoms with van der Waals surface area (Å²) >= 11 is 0. The summed E-state index contributed by atoms with van der Waals surface area (Å²) in [4.78, 5) is 26.4. The Morgan fingerprint density at radius 2 is 2.00 bits per heavy atom. The van der Waals surface area contributed by atoms with Gasteiger partial charge in [-0.15, -0.1) is 6.58 Å². The van der Waals surface area contributed by atoms with Crippen molar-refractivity contribution in [2.45, 2.75) is 12.8 Å². The molecule has 0 aromatic heterocycles. The SMILES string of the molecule is C=CCNC(=O)[C@H]1CCCN(C(=O)c2ccc(NS(C)(=O)=O)cc2)C1. The first-order chi connectivity index (χ1) is 11.8. The van der Waals surface area contributed by atoms with Gasteiger partial charge in [-0.3, -0.25) is 14.3 Å². The number of likely N-dealkylation sites (tertiary alicyclic amines) is 1. The zero-order valence-corrected chi connectivity index (χ0v) is 15.0. The van der Waals surface area contributed by atoms with E-state index in [1.165, 1.54) is 0 Å². The second-order valence-electron chi connectivity index (χ2n) is 6.08. The van der Waals surface area contributed by atoms with E-state index in [-0.39, 0.29) is 17.7 Å². The van der Waals surface area contributed by atoms with Crippen molar-refractivity contribution < 1.29 is 18.0 Å². The first-order valence-corrected chi connectivity index (χ1v) is 9.95. The molecule has 0 unspecified atom stereocenters. The predicted molar refractivity (Wildman–Crippen MR) is 96.7 cm³/mol. The van der Waals surface area contributed by atoms with Gasteiger partial charge >= 0.3 is 0 Å². The molecule has 136 valence electrons. The largest absolute Gasteiger partial charge is 0.352 e. The van der Waals surface area contributed by atoms with Crippen molar-refractivity contribution in [1.29, 1.82) is 0 Å². The Balaban J connectivity index is 2.01. The Morgan fingerprint density at radius 1 is 1.32 bits per heavy atom. The molecule has 1 fully saturated rings. The lowest BCUT2D eigenvalue weighted by Gasteiger charge is -2.32. The molecule has 1 aliphatic heterocycles. The monoisotopic (exact) mass is 365 g/mol. The number of nitrogens with one attached hydrogen (secondary N) is 2. The van der Waals surface area contributed by atoms with Crippen LogP contribution < -0.4 is 10.0 Å². The molecule has 2 rings (SSSR count). The molecule has 0 aliphatic carbocycles. The molecular formula is C17H23N3O4S. The summed E-state index contributed by atoms with van der Waals surface area (Å²) in [6.45, 7) is 4.97. The number of sulfonamides is 1. The molecule has 1 saturated heterocycles. The van der Waals surface area contributed by atoms with E-state index in [0.29, 0.717) is 30.9 Å². The van der Waals surface area contributed by atoms with Crippen LogP contribution in [-0.4, -0.2) is 51.0 Å². The van der Waals surface area contributed by atoms with Crippen LogP contribution in [0.25, 0.3) is 0 Å². The average Bonchev–Trinajstić information content (AvgIpc) is 2.58. The highest BCUT2D eigenvalue weighted by Gasteiger charge is 2.28. The molecule has 1 aromatic carbocycles. The van der Waals surface area contributed by atoms with Crippen LogP contribution in [-0.2, 0) is 14.8 Å². The standard InChI is InChI=1S/C17H23N3O4S/c1-3-10-18-16(21)14-5-4-11-20(12-14)17(22)13-6-8-15(9-7-13)19-25(2,23)24/h3,6-9,14,19H,1,4-5,10-12H2,2H3,(H,18,21)/t14-/m0/s1. The van der Waals surface area contributed by atoms with E-state index in [1.807, 2.05) is 0 Å². The van der Waals surface area contributed by atoms with Gasteiger partial charge in [-0.1, -0.05) is 6.08 Å². The maximum Gasteiger partial charge on any atom is 0.253 e. The number of benzene rings is 1. The maximum absolute atomic E-state index is 12.6. The third-order valence-electron chi connectivity index (χ3n) is 3.94. The second-order valence-corrected chi connectivity index (χ2v) is 7.82. The van der Waals surface area contributed by atoms with E-state index >= 15 is 0 Å². The second kappa shape index (κ2) is 8.15. The lowest BCUT2D eigenvalue weighted by Crippen LogP contribution is -2.45. The Labute approximate surface area is 148 Å². The molecule has 0 radical (unpaired) electrons. The van der Waals surface area contributed by atoms with Gasteiger partial charge in [0, 0.05) is 30.9 Å². The van der Waals surface area contributed by atoms with Crippen molar-refractivity contribution in [2.75, 3.05) is 30.6 Å². The molecule has 0 bridgehead atoms. The van der Waals surface area contributed by atoms with Gasteiger partial charge in [-0.05, 0) is 37.1 Å². The maximum atomic E-state index is 12.6. The fourth-order valence-corrected chi connectivity index (χ4v) is 3.33. The first kappa shape index (κ1) is 19.0. The van der Waals surface area contributed by atoms with Gasteiger partial charge in [0.1, 0.15) is 0 Å². The Bertz CT molecular complexity index is 744.